The number of benzene rings is 1. The number of halogens is 1. The molecule has 0 radical (unpaired) electrons. The van der Waals surface area contributed by atoms with E-state index in [-0.39, 0.29) is 5.91 Å². The van der Waals surface area contributed by atoms with Crippen molar-refractivity contribution in [1.29, 1.82) is 0 Å². The SMILES string of the molecule is COCCCNC(=O)c1ccc(C)c(I)c1. The lowest BCUT2D eigenvalue weighted by atomic mass is 10.1. The molecule has 0 aliphatic carbocycles. The number of rotatable bonds is 5. The van der Waals surface area contributed by atoms with Crippen LogP contribution in [0.3, 0.4) is 0 Å². The molecular weight excluding hydrogens is 317 g/mol. The standard InChI is InChI=1S/C12H16INO2/c1-9-4-5-10(8-11(9)13)12(15)14-6-3-7-16-2/h4-5,8H,3,6-7H2,1-2H3,(H,14,15). The second kappa shape index (κ2) is 6.85. The van der Waals surface area contributed by atoms with Gasteiger partial charge in [-0.1, -0.05) is 6.07 Å². The van der Waals surface area contributed by atoms with Crippen LogP contribution in [0, 0.1) is 10.5 Å². The first-order valence-electron chi connectivity index (χ1n) is 5.18. The van der Waals surface area contributed by atoms with Crippen molar-refractivity contribution in [3.8, 4) is 0 Å². The Kier molecular flexibility index (Phi) is 5.76. The number of hydrogen-bond donors (Lipinski definition) is 1. The molecule has 0 unspecified atom stereocenters. The molecule has 0 aliphatic heterocycles. The first-order chi connectivity index (χ1) is 7.65. The maximum Gasteiger partial charge on any atom is 0.251 e. The highest BCUT2D eigenvalue weighted by molar-refractivity contribution is 14.1. The molecule has 4 heteroatoms. The molecule has 0 fully saturated rings. The molecule has 16 heavy (non-hydrogen) atoms. The number of ether oxygens (including phenoxy) is 1. The molecule has 0 spiro atoms. The molecule has 0 saturated carbocycles. The van der Waals surface area contributed by atoms with Gasteiger partial charge in [0, 0.05) is 29.4 Å². The van der Waals surface area contributed by atoms with Crippen LogP contribution in [0.25, 0.3) is 0 Å². The number of aryl methyl sites for hydroxylation is 1. The molecule has 1 amide bonds. The molecule has 1 aromatic carbocycles. The van der Waals surface area contributed by atoms with E-state index in [2.05, 4.69) is 27.9 Å². The first kappa shape index (κ1) is 13.4. The highest BCUT2D eigenvalue weighted by Crippen LogP contribution is 2.13. The summed E-state index contributed by atoms with van der Waals surface area (Å²) in [5, 5.41) is 2.86. The Morgan fingerprint density at radius 2 is 2.25 bits per heavy atom. The molecule has 0 aliphatic rings. The second-order valence-corrected chi connectivity index (χ2v) is 4.73. The Morgan fingerprint density at radius 3 is 2.88 bits per heavy atom. The van der Waals surface area contributed by atoms with Crippen molar-refractivity contribution in [2.75, 3.05) is 20.3 Å². The van der Waals surface area contributed by atoms with E-state index in [0.29, 0.717) is 18.7 Å². The van der Waals surface area contributed by atoms with E-state index in [1.165, 1.54) is 5.56 Å². The number of carbonyl (C=O) groups excluding carboxylic acids is 1. The summed E-state index contributed by atoms with van der Waals surface area (Å²) in [5.74, 6) is -0.0194. The van der Waals surface area contributed by atoms with Gasteiger partial charge in [0.2, 0.25) is 0 Å². The number of nitrogens with one attached hydrogen (secondary N) is 1. The zero-order valence-corrected chi connectivity index (χ0v) is 11.7. The zero-order chi connectivity index (χ0) is 12.0. The highest BCUT2D eigenvalue weighted by atomic mass is 127. The summed E-state index contributed by atoms with van der Waals surface area (Å²) < 4.78 is 6.02. The molecule has 0 atom stereocenters. The van der Waals surface area contributed by atoms with Crippen LogP contribution in [-0.4, -0.2) is 26.2 Å². The van der Waals surface area contributed by atoms with Gasteiger partial charge < -0.3 is 10.1 Å². The Labute approximate surface area is 110 Å². The molecule has 0 aromatic heterocycles. The van der Waals surface area contributed by atoms with E-state index >= 15 is 0 Å². The third-order valence-corrected chi connectivity index (χ3v) is 3.41. The van der Waals surface area contributed by atoms with Gasteiger partial charge in [0.1, 0.15) is 0 Å². The molecule has 0 bridgehead atoms. The third-order valence-electron chi connectivity index (χ3n) is 2.24. The molecule has 3 nitrogen and oxygen atoms in total. The summed E-state index contributed by atoms with van der Waals surface area (Å²) in [6.45, 7) is 3.35. The van der Waals surface area contributed by atoms with Crippen LogP contribution in [0.4, 0.5) is 0 Å². The maximum atomic E-state index is 11.7. The van der Waals surface area contributed by atoms with Crippen molar-refractivity contribution in [3.63, 3.8) is 0 Å². The third kappa shape index (κ3) is 4.09. The Bertz CT molecular complexity index is 366. The van der Waals surface area contributed by atoms with Crippen molar-refractivity contribution in [2.24, 2.45) is 0 Å². The minimum Gasteiger partial charge on any atom is -0.385 e. The fraction of sp³-hybridized carbons (Fsp3) is 0.417. The Morgan fingerprint density at radius 1 is 1.50 bits per heavy atom. The van der Waals surface area contributed by atoms with Crippen molar-refractivity contribution in [3.05, 3.63) is 32.9 Å². The average molecular weight is 333 g/mol. The van der Waals surface area contributed by atoms with Crippen LogP contribution < -0.4 is 5.32 Å². The van der Waals surface area contributed by atoms with Gasteiger partial charge in [0.05, 0.1) is 0 Å². The van der Waals surface area contributed by atoms with Crippen molar-refractivity contribution in [1.82, 2.24) is 5.32 Å². The fourth-order valence-electron chi connectivity index (χ4n) is 1.25. The smallest absolute Gasteiger partial charge is 0.251 e. The topological polar surface area (TPSA) is 38.3 Å². The number of hydrogen-bond acceptors (Lipinski definition) is 2. The van der Waals surface area contributed by atoms with Crippen molar-refractivity contribution in [2.45, 2.75) is 13.3 Å². The normalized spacial score (nSPS) is 10.2. The van der Waals surface area contributed by atoms with E-state index in [1.807, 2.05) is 25.1 Å². The lowest BCUT2D eigenvalue weighted by molar-refractivity contribution is 0.0948. The number of carbonyl (C=O) groups is 1. The maximum absolute atomic E-state index is 11.7. The van der Waals surface area contributed by atoms with Crippen LogP contribution >= 0.6 is 22.6 Å². The lowest BCUT2D eigenvalue weighted by Crippen LogP contribution is -2.25. The quantitative estimate of drug-likeness (QED) is 0.664. The molecular formula is C12H16INO2. The molecule has 1 aromatic rings. The molecule has 88 valence electrons. The summed E-state index contributed by atoms with van der Waals surface area (Å²) in [6, 6.07) is 5.72. The van der Waals surface area contributed by atoms with Gasteiger partial charge in [0.25, 0.3) is 5.91 Å². The summed E-state index contributed by atoms with van der Waals surface area (Å²) in [7, 11) is 1.66. The zero-order valence-electron chi connectivity index (χ0n) is 9.55. The van der Waals surface area contributed by atoms with E-state index < -0.39 is 0 Å². The van der Waals surface area contributed by atoms with Gasteiger partial charge in [0.15, 0.2) is 0 Å². The van der Waals surface area contributed by atoms with Gasteiger partial charge in [-0.25, -0.2) is 0 Å². The van der Waals surface area contributed by atoms with E-state index in [4.69, 9.17) is 4.74 Å². The first-order valence-corrected chi connectivity index (χ1v) is 6.26. The number of methoxy groups -OCH3 is 1. The van der Waals surface area contributed by atoms with Crippen LogP contribution in [0.15, 0.2) is 18.2 Å². The summed E-state index contributed by atoms with van der Waals surface area (Å²) >= 11 is 2.23. The second-order valence-electron chi connectivity index (χ2n) is 3.57. The molecule has 0 saturated heterocycles. The van der Waals surface area contributed by atoms with Gasteiger partial charge in [-0.3, -0.25) is 4.79 Å². The summed E-state index contributed by atoms with van der Waals surface area (Å²) in [4.78, 5) is 11.7. The Balaban J connectivity index is 2.50. The van der Waals surface area contributed by atoms with Gasteiger partial charge >= 0.3 is 0 Å². The van der Waals surface area contributed by atoms with Crippen LogP contribution in [0.5, 0.6) is 0 Å². The van der Waals surface area contributed by atoms with Crippen molar-refractivity contribution < 1.29 is 9.53 Å². The van der Waals surface area contributed by atoms with Gasteiger partial charge in [-0.2, -0.15) is 0 Å². The summed E-state index contributed by atoms with van der Waals surface area (Å²) in [6.07, 6.45) is 0.838. The van der Waals surface area contributed by atoms with Gasteiger partial charge in [-0.05, 0) is 53.6 Å². The Hall–Kier alpha value is -0.620. The predicted octanol–water partition coefficient (Wildman–Crippen LogP) is 2.37. The van der Waals surface area contributed by atoms with Crippen LogP contribution in [0.1, 0.15) is 22.3 Å². The number of amides is 1. The molecule has 1 N–H and O–H groups in total. The van der Waals surface area contributed by atoms with E-state index in [1.54, 1.807) is 7.11 Å². The monoisotopic (exact) mass is 333 g/mol. The van der Waals surface area contributed by atoms with Gasteiger partial charge in [-0.15, -0.1) is 0 Å². The van der Waals surface area contributed by atoms with Crippen molar-refractivity contribution >= 4 is 28.5 Å². The minimum absolute atomic E-state index is 0.0194. The summed E-state index contributed by atoms with van der Waals surface area (Å²) in [5.41, 5.74) is 1.91. The predicted molar refractivity (Wildman–Crippen MR) is 72.7 cm³/mol. The highest BCUT2D eigenvalue weighted by Gasteiger charge is 2.05. The lowest BCUT2D eigenvalue weighted by Gasteiger charge is -2.06. The molecule has 1 rings (SSSR count). The average Bonchev–Trinajstić information content (AvgIpc) is 2.28. The molecule has 0 heterocycles. The largest absolute Gasteiger partial charge is 0.385 e. The van der Waals surface area contributed by atoms with E-state index in [9.17, 15) is 4.79 Å². The fourth-order valence-corrected chi connectivity index (χ4v) is 1.77. The van der Waals surface area contributed by atoms with Crippen LogP contribution in [-0.2, 0) is 4.74 Å². The van der Waals surface area contributed by atoms with E-state index in [0.717, 1.165) is 9.99 Å². The van der Waals surface area contributed by atoms with Crippen LogP contribution in [0.2, 0.25) is 0 Å². The minimum atomic E-state index is -0.0194.